The summed E-state index contributed by atoms with van der Waals surface area (Å²) in [6.07, 6.45) is 3.09. The van der Waals surface area contributed by atoms with Crippen molar-refractivity contribution in [3.63, 3.8) is 0 Å². The largest absolute Gasteiger partial charge is 0.384 e. The Kier molecular flexibility index (Phi) is 6.64. The average Bonchev–Trinajstić information content (AvgIpc) is 2.26. The summed E-state index contributed by atoms with van der Waals surface area (Å²) in [5, 5.41) is 3.19. The number of hydrogen-bond acceptors (Lipinski definition) is 3. The van der Waals surface area contributed by atoms with Crippen molar-refractivity contribution in [2.24, 2.45) is 0 Å². The molecule has 1 nitrogen and oxygen atoms in total. The van der Waals surface area contributed by atoms with Gasteiger partial charge in [0.15, 0.2) is 0 Å². The molecule has 0 saturated carbocycles. The molecule has 1 rings (SSSR count). The summed E-state index contributed by atoms with van der Waals surface area (Å²) in [5.74, 6) is -1.29. The number of anilines is 1. The summed E-state index contributed by atoms with van der Waals surface area (Å²) in [6.45, 7) is 0.821. The van der Waals surface area contributed by atoms with Crippen molar-refractivity contribution >= 4 is 29.2 Å². The Morgan fingerprint density at radius 1 is 1.31 bits per heavy atom. The number of rotatable bonds is 7. The summed E-state index contributed by atoms with van der Waals surface area (Å²) in [6, 6.07) is 7.18. The zero-order valence-corrected chi connectivity index (χ0v) is 10.7. The SMILES string of the molecule is CSCCCNc1ccccc1SC(F)F. The molecule has 0 atom stereocenters. The minimum absolute atomic E-state index is 0.588. The summed E-state index contributed by atoms with van der Waals surface area (Å²) in [5.41, 5.74) is 0.800. The molecular weight excluding hydrogens is 248 g/mol. The fourth-order valence-corrected chi connectivity index (χ4v) is 2.30. The summed E-state index contributed by atoms with van der Waals surface area (Å²) < 4.78 is 24.6. The molecule has 0 aromatic heterocycles. The van der Waals surface area contributed by atoms with Crippen LogP contribution in [0.4, 0.5) is 14.5 Å². The molecule has 0 unspecified atom stereocenters. The van der Waals surface area contributed by atoms with Crippen LogP contribution in [0.15, 0.2) is 29.2 Å². The van der Waals surface area contributed by atoms with Gasteiger partial charge in [0, 0.05) is 17.1 Å². The second-order valence-electron chi connectivity index (χ2n) is 3.15. The molecule has 5 heteroatoms. The molecule has 1 aromatic carbocycles. The summed E-state index contributed by atoms with van der Waals surface area (Å²) >= 11 is 2.37. The van der Waals surface area contributed by atoms with E-state index < -0.39 is 5.76 Å². The molecule has 0 heterocycles. The lowest BCUT2D eigenvalue weighted by Crippen LogP contribution is -2.03. The predicted molar refractivity (Wildman–Crippen MR) is 69.8 cm³/mol. The first kappa shape index (κ1) is 13.6. The van der Waals surface area contributed by atoms with Gasteiger partial charge in [0.1, 0.15) is 0 Å². The zero-order chi connectivity index (χ0) is 11.8. The van der Waals surface area contributed by atoms with Gasteiger partial charge in [0.2, 0.25) is 0 Å². The number of nitrogens with one attached hydrogen (secondary N) is 1. The molecule has 1 aromatic rings. The third-order valence-corrected chi connectivity index (χ3v) is 3.43. The van der Waals surface area contributed by atoms with Crippen LogP contribution in [-0.4, -0.2) is 24.3 Å². The van der Waals surface area contributed by atoms with Crippen LogP contribution < -0.4 is 5.32 Å². The van der Waals surface area contributed by atoms with E-state index in [2.05, 4.69) is 11.6 Å². The van der Waals surface area contributed by atoms with Gasteiger partial charge >= 0.3 is 0 Å². The lowest BCUT2D eigenvalue weighted by atomic mass is 10.3. The predicted octanol–water partition coefficient (Wildman–Crippen LogP) is 4.17. The number of hydrogen-bond donors (Lipinski definition) is 1. The quantitative estimate of drug-likeness (QED) is 0.586. The van der Waals surface area contributed by atoms with Gasteiger partial charge in [-0.25, -0.2) is 0 Å². The molecule has 0 saturated heterocycles. The Hall–Kier alpha value is -0.420. The van der Waals surface area contributed by atoms with Crippen LogP contribution >= 0.6 is 23.5 Å². The molecule has 0 amide bonds. The van der Waals surface area contributed by atoms with Crippen LogP contribution in [0.25, 0.3) is 0 Å². The van der Waals surface area contributed by atoms with E-state index in [9.17, 15) is 8.78 Å². The molecule has 90 valence electrons. The fourth-order valence-electron chi connectivity index (χ4n) is 1.25. The second kappa shape index (κ2) is 7.79. The van der Waals surface area contributed by atoms with Crippen LogP contribution in [0.3, 0.4) is 0 Å². The number of para-hydroxylation sites is 1. The zero-order valence-electron chi connectivity index (χ0n) is 9.08. The van der Waals surface area contributed by atoms with E-state index >= 15 is 0 Å². The molecule has 0 bridgehead atoms. The standard InChI is InChI=1S/C11H15F2NS2/c1-15-8-4-7-14-9-5-2-3-6-10(9)16-11(12)13/h2-3,5-6,11,14H,4,7-8H2,1H3. The molecule has 0 aliphatic heterocycles. The van der Waals surface area contributed by atoms with Gasteiger partial charge in [-0.2, -0.15) is 20.5 Å². The highest BCUT2D eigenvalue weighted by Crippen LogP contribution is 2.31. The van der Waals surface area contributed by atoms with E-state index in [1.807, 2.05) is 12.1 Å². The lowest BCUT2D eigenvalue weighted by molar-refractivity contribution is 0.252. The van der Waals surface area contributed by atoms with Crippen molar-refractivity contribution in [1.82, 2.24) is 0 Å². The van der Waals surface area contributed by atoms with Crippen LogP contribution in [0.2, 0.25) is 0 Å². The van der Waals surface area contributed by atoms with Crippen molar-refractivity contribution < 1.29 is 8.78 Å². The molecule has 0 spiro atoms. The average molecular weight is 263 g/mol. The molecular formula is C11H15F2NS2. The Morgan fingerprint density at radius 2 is 2.06 bits per heavy atom. The normalized spacial score (nSPS) is 10.8. The summed E-state index contributed by atoms with van der Waals surface area (Å²) in [4.78, 5) is 0.613. The maximum absolute atomic E-state index is 12.3. The van der Waals surface area contributed by atoms with Gasteiger partial charge in [-0.3, -0.25) is 0 Å². The first-order valence-electron chi connectivity index (χ1n) is 5.00. The van der Waals surface area contributed by atoms with Gasteiger partial charge in [-0.1, -0.05) is 23.9 Å². The van der Waals surface area contributed by atoms with E-state index in [4.69, 9.17) is 0 Å². The van der Waals surface area contributed by atoms with E-state index in [1.165, 1.54) is 0 Å². The molecule has 16 heavy (non-hydrogen) atoms. The Morgan fingerprint density at radius 3 is 2.75 bits per heavy atom. The van der Waals surface area contributed by atoms with Gasteiger partial charge in [-0.15, -0.1) is 0 Å². The van der Waals surface area contributed by atoms with Gasteiger partial charge < -0.3 is 5.32 Å². The highest BCUT2D eigenvalue weighted by Gasteiger charge is 2.08. The van der Waals surface area contributed by atoms with Crippen molar-refractivity contribution in [2.45, 2.75) is 17.1 Å². The van der Waals surface area contributed by atoms with Crippen LogP contribution in [0.5, 0.6) is 0 Å². The first-order valence-corrected chi connectivity index (χ1v) is 7.28. The monoisotopic (exact) mass is 263 g/mol. The summed E-state index contributed by atoms with van der Waals surface area (Å²) in [7, 11) is 0. The number of benzene rings is 1. The number of halogens is 2. The van der Waals surface area contributed by atoms with Gasteiger partial charge in [0.25, 0.3) is 5.76 Å². The molecule has 0 aliphatic carbocycles. The van der Waals surface area contributed by atoms with E-state index in [0.717, 1.165) is 24.4 Å². The van der Waals surface area contributed by atoms with Gasteiger partial charge in [0.05, 0.1) is 0 Å². The minimum Gasteiger partial charge on any atom is -0.384 e. The topological polar surface area (TPSA) is 12.0 Å². The Balaban J connectivity index is 2.50. The van der Waals surface area contributed by atoms with Crippen LogP contribution in [0.1, 0.15) is 6.42 Å². The van der Waals surface area contributed by atoms with Crippen LogP contribution in [0, 0.1) is 0 Å². The van der Waals surface area contributed by atoms with Crippen molar-refractivity contribution in [3.8, 4) is 0 Å². The maximum Gasteiger partial charge on any atom is 0.288 e. The molecule has 1 N–H and O–H groups in total. The highest BCUT2D eigenvalue weighted by atomic mass is 32.2. The van der Waals surface area contributed by atoms with Gasteiger partial charge in [-0.05, 0) is 30.6 Å². The molecule has 0 aliphatic rings. The Bertz CT molecular complexity index is 308. The highest BCUT2D eigenvalue weighted by molar-refractivity contribution is 7.99. The third kappa shape index (κ3) is 5.07. The third-order valence-electron chi connectivity index (χ3n) is 1.94. The van der Waals surface area contributed by atoms with Crippen LogP contribution in [-0.2, 0) is 0 Å². The minimum atomic E-state index is -2.37. The van der Waals surface area contributed by atoms with E-state index in [0.29, 0.717) is 16.7 Å². The van der Waals surface area contributed by atoms with Crippen molar-refractivity contribution in [1.29, 1.82) is 0 Å². The van der Waals surface area contributed by atoms with E-state index in [1.54, 1.807) is 23.9 Å². The molecule has 0 fully saturated rings. The second-order valence-corrected chi connectivity index (χ2v) is 5.17. The maximum atomic E-state index is 12.3. The van der Waals surface area contributed by atoms with E-state index in [-0.39, 0.29) is 0 Å². The van der Waals surface area contributed by atoms with Crippen molar-refractivity contribution in [3.05, 3.63) is 24.3 Å². The van der Waals surface area contributed by atoms with Crippen molar-refractivity contribution in [2.75, 3.05) is 23.9 Å². The number of alkyl halides is 2. The number of thioether (sulfide) groups is 2. The fraction of sp³-hybridized carbons (Fsp3) is 0.455. The smallest absolute Gasteiger partial charge is 0.288 e. The molecule has 0 radical (unpaired) electrons. The lowest BCUT2D eigenvalue weighted by Gasteiger charge is -2.10. The first-order chi connectivity index (χ1) is 7.74. The Labute approximate surface area is 103 Å².